The zero-order valence-electron chi connectivity index (χ0n) is 16.1. The van der Waals surface area contributed by atoms with Gasteiger partial charge < -0.3 is 25.3 Å². The maximum atomic E-state index is 6.18. The number of benzene rings is 1. The SMILES string of the molecule is COc1cc(-c2ccc(CNC3CCC(OC)C(N)C3)cc2)nnc1OC. The lowest BCUT2D eigenvalue weighted by atomic mass is 9.89. The van der Waals surface area contributed by atoms with Crippen LogP contribution in [0.5, 0.6) is 11.6 Å². The monoisotopic (exact) mass is 372 g/mol. The van der Waals surface area contributed by atoms with E-state index in [2.05, 4.69) is 27.6 Å². The van der Waals surface area contributed by atoms with Crippen LogP contribution >= 0.6 is 0 Å². The summed E-state index contributed by atoms with van der Waals surface area (Å²) in [6.07, 6.45) is 3.22. The van der Waals surface area contributed by atoms with Crippen LogP contribution in [0, 0.1) is 0 Å². The molecule has 7 heteroatoms. The topological polar surface area (TPSA) is 91.5 Å². The molecule has 3 atom stereocenters. The highest BCUT2D eigenvalue weighted by Gasteiger charge is 2.27. The zero-order chi connectivity index (χ0) is 19.2. The Bertz CT molecular complexity index is 739. The van der Waals surface area contributed by atoms with Gasteiger partial charge in [0.15, 0.2) is 5.75 Å². The van der Waals surface area contributed by atoms with E-state index in [0.717, 1.165) is 37.1 Å². The maximum absolute atomic E-state index is 6.18. The number of nitrogens with one attached hydrogen (secondary N) is 1. The van der Waals surface area contributed by atoms with Gasteiger partial charge in [0, 0.05) is 37.4 Å². The van der Waals surface area contributed by atoms with Crippen LogP contribution in [0.2, 0.25) is 0 Å². The fraction of sp³-hybridized carbons (Fsp3) is 0.500. The molecule has 3 unspecified atom stereocenters. The molecule has 3 N–H and O–H groups in total. The summed E-state index contributed by atoms with van der Waals surface area (Å²) in [6, 6.07) is 10.6. The third-order valence-electron chi connectivity index (χ3n) is 5.12. The summed E-state index contributed by atoms with van der Waals surface area (Å²) in [4.78, 5) is 0. The Morgan fingerprint density at radius 2 is 1.85 bits per heavy atom. The van der Waals surface area contributed by atoms with Gasteiger partial charge in [0.1, 0.15) is 0 Å². The summed E-state index contributed by atoms with van der Waals surface area (Å²) in [5.41, 5.74) is 9.13. The Kier molecular flexibility index (Phi) is 6.60. The number of hydrogen-bond donors (Lipinski definition) is 2. The second-order valence-electron chi connectivity index (χ2n) is 6.83. The standard InChI is InChI=1S/C20H28N4O3/c1-25-18-9-8-15(10-16(18)21)22-12-13-4-6-14(7-5-13)17-11-19(26-2)20(27-3)24-23-17/h4-7,11,15-16,18,22H,8-10,12,21H2,1-3H3. The Morgan fingerprint density at radius 1 is 1.07 bits per heavy atom. The summed E-state index contributed by atoms with van der Waals surface area (Å²) in [5.74, 6) is 0.944. The normalized spacial score (nSPS) is 22.4. The van der Waals surface area contributed by atoms with Crippen molar-refractivity contribution in [3.8, 4) is 22.9 Å². The maximum Gasteiger partial charge on any atom is 0.276 e. The molecule has 1 fully saturated rings. The molecule has 1 aromatic carbocycles. The minimum Gasteiger partial charge on any atom is -0.491 e. The average Bonchev–Trinajstić information content (AvgIpc) is 2.72. The lowest BCUT2D eigenvalue weighted by Gasteiger charge is -2.33. The molecular weight excluding hydrogens is 344 g/mol. The van der Waals surface area contributed by atoms with Crippen LogP contribution in [0.1, 0.15) is 24.8 Å². The van der Waals surface area contributed by atoms with Gasteiger partial charge in [0.2, 0.25) is 0 Å². The fourth-order valence-corrected chi connectivity index (χ4v) is 3.50. The minimum absolute atomic E-state index is 0.104. The van der Waals surface area contributed by atoms with E-state index in [0.29, 0.717) is 17.7 Å². The second-order valence-corrected chi connectivity index (χ2v) is 6.83. The fourth-order valence-electron chi connectivity index (χ4n) is 3.50. The van der Waals surface area contributed by atoms with Crippen molar-refractivity contribution < 1.29 is 14.2 Å². The van der Waals surface area contributed by atoms with Crippen molar-refractivity contribution in [1.29, 1.82) is 0 Å². The van der Waals surface area contributed by atoms with Crippen molar-refractivity contribution in [3.05, 3.63) is 35.9 Å². The summed E-state index contributed by atoms with van der Waals surface area (Å²) < 4.78 is 15.8. The van der Waals surface area contributed by atoms with Crippen molar-refractivity contribution in [2.45, 2.75) is 44.0 Å². The predicted molar refractivity (Wildman–Crippen MR) is 104 cm³/mol. The number of methoxy groups -OCH3 is 3. The molecular formula is C20H28N4O3. The lowest BCUT2D eigenvalue weighted by Crippen LogP contribution is -2.47. The third-order valence-corrected chi connectivity index (χ3v) is 5.12. The Labute approximate surface area is 160 Å². The smallest absolute Gasteiger partial charge is 0.276 e. The lowest BCUT2D eigenvalue weighted by molar-refractivity contribution is 0.0457. The summed E-state index contributed by atoms with van der Waals surface area (Å²) in [5, 5.41) is 11.9. The van der Waals surface area contributed by atoms with Crippen molar-refractivity contribution in [3.63, 3.8) is 0 Å². The molecule has 0 spiro atoms. The first kappa shape index (κ1) is 19.5. The van der Waals surface area contributed by atoms with Crippen LogP contribution in [0.15, 0.2) is 30.3 Å². The molecule has 0 amide bonds. The van der Waals surface area contributed by atoms with E-state index in [1.165, 1.54) is 5.56 Å². The second kappa shape index (κ2) is 9.12. The molecule has 3 rings (SSSR count). The molecule has 1 saturated carbocycles. The molecule has 1 heterocycles. The molecule has 1 aliphatic rings. The van der Waals surface area contributed by atoms with Crippen molar-refractivity contribution >= 4 is 0 Å². The van der Waals surface area contributed by atoms with Crippen LogP contribution < -0.4 is 20.5 Å². The van der Waals surface area contributed by atoms with Gasteiger partial charge in [-0.2, -0.15) is 0 Å². The minimum atomic E-state index is 0.104. The Hall–Kier alpha value is -2.22. The molecule has 7 nitrogen and oxygen atoms in total. The van der Waals surface area contributed by atoms with Gasteiger partial charge >= 0.3 is 0 Å². The zero-order valence-corrected chi connectivity index (χ0v) is 16.1. The van der Waals surface area contributed by atoms with Gasteiger partial charge in [-0.3, -0.25) is 0 Å². The van der Waals surface area contributed by atoms with E-state index in [4.69, 9.17) is 19.9 Å². The first-order chi connectivity index (χ1) is 13.1. The van der Waals surface area contributed by atoms with E-state index < -0.39 is 0 Å². The number of aromatic nitrogens is 2. The Morgan fingerprint density at radius 3 is 2.48 bits per heavy atom. The van der Waals surface area contributed by atoms with Gasteiger partial charge in [-0.25, -0.2) is 0 Å². The molecule has 0 saturated heterocycles. The van der Waals surface area contributed by atoms with Crippen molar-refractivity contribution in [2.75, 3.05) is 21.3 Å². The van der Waals surface area contributed by atoms with E-state index in [9.17, 15) is 0 Å². The first-order valence-corrected chi connectivity index (χ1v) is 9.21. The molecule has 0 radical (unpaired) electrons. The highest BCUT2D eigenvalue weighted by atomic mass is 16.5. The van der Waals surface area contributed by atoms with Crippen LogP contribution in [0.3, 0.4) is 0 Å². The van der Waals surface area contributed by atoms with Crippen molar-refractivity contribution in [2.24, 2.45) is 5.73 Å². The largest absolute Gasteiger partial charge is 0.491 e. The van der Waals surface area contributed by atoms with Crippen LogP contribution in [-0.2, 0) is 11.3 Å². The number of nitrogens with two attached hydrogens (primary N) is 1. The summed E-state index contributed by atoms with van der Waals surface area (Å²) >= 11 is 0. The predicted octanol–water partition coefficient (Wildman–Crippen LogP) is 2.15. The average molecular weight is 372 g/mol. The highest BCUT2D eigenvalue weighted by molar-refractivity contribution is 5.61. The van der Waals surface area contributed by atoms with Crippen molar-refractivity contribution in [1.82, 2.24) is 15.5 Å². The van der Waals surface area contributed by atoms with Gasteiger partial charge in [0.05, 0.1) is 26.0 Å². The highest BCUT2D eigenvalue weighted by Crippen LogP contribution is 2.28. The molecule has 0 aliphatic heterocycles. The molecule has 146 valence electrons. The quantitative estimate of drug-likeness (QED) is 0.769. The van der Waals surface area contributed by atoms with Gasteiger partial charge in [-0.15, -0.1) is 10.2 Å². The van der Waals surface area contributed by atoms with E-state index >= 15 is 0 Å². The van der Waals surface area contributed by atoms with Crippen LogP contribution in [-0.4, -0.2) is 49.7 Å². The van der Waals surface area contributed by atoms with E-state index in [1.54, 1.807) is 21.3 Å². The summed E-state index contributed by atoms with van der Waals surface area (Å²) in [7, 11) is 4.87. The molecule has 1 aliphatic carbocycles. The molecule has 0 bridgehead atoms. The molecule has 27 heavy (non-hydrogen) atoms. The van der Waals surface area contributed by atoms with Gasteiger partial charge in [-0.05, 0) is 24.8 Å². The number of hydrogen-bond acceptors (Lipinski definition) is 7. The third kappa shape index (κ3) is 4.74. The molecule has 2 aromatic rings. The first-order valence-electron chi connectivity index (χ1n) is 9.21. The van der Waals surface area contributed by atoms with Crippen LogP contribution in [0.25, 0.3) is 11.3 Å². The van der Waals surface area contributed by atoms with Gasteiger partial charge in [-0.1, -0.05) is 24.3 Å². The number of nitrogens with zero attached hydrogens (tertiary/aromatic N) is 2. The van der Waals surface area contributed by atoms with Crippen LogP contribution in [0.4, 0.5) is 0 Å². The number of ether oxygens (including phenoxy) is 3. The van der Waals surface area contributed by atoms with E-state index in [-0.39, 0.29) is 12.1 Å². The molecule has 1 aromatic heterocycles. The van der Waals surface area contributed by atoms with Gasteiger partial charge in [0.25, 0.3) is 5.88 Å². The Balaban J connectivity index is 1.59. The summed E-state index contributed by atoms with van der Waals surface area (Å²) in [6.45, 7) is 0.812. The number of rotatable bonds is 7. The van der Waals surface area contributed by atoms with E-state index in [1.807, 2.05) is 18.2 Å².